The summed E-state index contributed by atoms with van der Waals surface area (Å²) in [6.07, 6.45) is 3.67. The van der Waals surface area contributed by atoms with Crippen LogP contribution in [-0.4, -0.2) is 143 Å². The Hall–Kier alpha value is -2.77. The van der Waals surface area contributed by atoms with Crippen molar-refractivity contribution in [2.45, 2.75) is 84.5 Å². The fourth-order valence-electron chi connectivity index (χ4n) is 5.95. The highest BCUT2D eigenvalue weighted by atomic mass is 35.5. The van der Waals surface area contributed by atoms with Crippen LogP contribution in [0.5, 0.6) is 0 Å². The first-order valence-corrected chi connectivity index (χ1v) is 20.6. The minimum absolute atomic E-state index is 0. The van der Waals surface area contributed by atoms with Crippen molar-refractivity contribution in [2.75, 3.05) is 92.4 Å². The quantitative estimate of drug-likeness (QED) is 0.0876. The average molecular weight is 845 g/mol. The summed E-state index contributed by atoms with van der Waals surface area (Å²) in [7, 11) is 0. The van der Waals surface area contributed by atoms with Gasteiger partial charge in [0.05, 0.1) is 88.3 Å². The standard InChI is InChI=1S/C40H65N5O10S.ClH/c1-30-36(56-29-43-30)32-11-9-31(10-12-32)26-42-38(48)34-25-33(46)27-45(34)39(49)37(40(2,3)4)44-35(47)28-55-24-23-54-22-21-53-20-19-52-18-17-51-16-15-50-14-8-6-5-7-13-41;/h9-12,29,33-34,37,46H,5-8,13-28,41H2,1-4H3,(H,42,48)(H,44,47);1H/t33-,34+,37-;/m1./s1. The summed E-state index contributed by atoms with van der Waals surface area (Å²) in [5.41, 5.74) is 9.54. The molecule has 0 bridgehead atoms. The topological polar surface area (TPSA) is 193 Å². The van der Waals surface area contributed by atoms with Gasteiger partial charge in [0.1, 0.15) is 18.7 Å². The van der Waals surface area contributed by atoms with E-state index < -0.39 is 35.4 Å². The zero-order valence-corrected chi connectivity index (χ0v) is 35.8. The van der Waals surface area contributed by atoms with Crippen LogP contribution >= 0.6 is 23.7 Å². The second-order valence-corrected chi connectivity index (χ2v) is 15.6. The summed E-state index contributed by atoms with van der Waals surface area (Å²) in [4.78, 5) is 46.8. The van der Waals surface area contributed by atoms with Gasteiger partial charge in [0, 0.05) is 26.1 Å². The normalized spacial score (nSPS) is 16.0. The van der Waals surface area contributed by atoms with E-state index in [9.17, 15) is 19.5 Å². The Labute approximate surface area is 348 Å². The maximum Gasteiger partial charge on any atom is 0.246 e. The summed E-state index contributed by atoms with van der Waals surface area (Å²) < 4.78 is 33.0. The molecule has 57 heavy (non-hydrogen) atoms. The number of hydrogen-bond donors (Lipinski definition) is 4. The number of carbonyl (C=O) groups is 3. The minimum Gasteiger partial charge on any atom is -0.391 e. The molecule has 0 aliphatic carbocycles. The second kappa shape index (κ2) is 28.6. The summed E-state index contributed by atoms with van der Waals surface area (Å²) in [5, 5.41) is 16.2. The zero-order chi connectivity index (χ0) is 40.6. The molecule has 0 spiro atoms. The van der Waals surface area contributed by atoms with Gasteiger partial charge in [-0.1, -0.05) is 57.9 Å². The number of halogens is 1. The van der Waals surface area contributed by atoms with Crippen LogP contribution in [0.25, 0.3) is 10.4 Å². The van der Waals surface area contributed by atoms with Crippen LogP contribution in [0.1, 0.15) is 64.1 Å². The number of aryl methyl sites for hydroxylation is 1. The van der Waals surface area contributed by atoms with Gasteiger partial charge in [0.2, 0.25) is 17.7 Å². The van der Waals surface area contributed by atoms with Gasteiger partial charge in [-0.2, -0.15) is 0 Å². The predicted octanol–water partition coefficient (Wildman–Crippen LogP) is 3.27. The summed E-state index contributed by atoms with van der Waals surface area (Å²) >= 11 is 1.57. The van der Waals surface area contributed by atoms with E-state index in [1.54, 1.807) is 11.3 Å². The molecule has 17 heteroatoms. The predicted molar refractivity (Wildman–Crippen MR) is 221 cm³/mol. The zero-order valence-electron chi connectivity index (χ0n) is 34.2. The van der Waals surface area contributed by atoms with E-state index in [2.05, 4.69) is 15.6 Å². The average Bonchev–Trinajstić information content (AvgIpc) is 3.79. The fraction of sp³-hybridized carbons (Fsp3) is 0.700. The van der Waals surface area contributed by atoms with Gasteiger partial charge < -0.3 is 54.8 Å². The molecule has 1 fully saturated rings. The van der Waals surface area contributed by atoms with E-state index in [1.165, 1.54) is 4.90 Å². The molecule has 1 aromatic heterocycles. The van der Waals surface area contributed by atoms with Crippen LogP contribution in [0.3, 0.4) is 0 Å². The molecule has 0 unspecified atom stereocenters. The Morgan fingerprint density at radius 1 is 0.860 bits per heavy atom. The third-order valence-corrected chi connectivity index (χ3v) is 10.0. The third kappa shape index (κ3) is 19.7. The number of benzene rings is 1. The summed E-state index contributed by atoms with van der Waals surface area (Å²) in [6, 6.07) is 6.06. The Kier molecular flexibility index (Phi) is 25.3. The molecule has 3 atom stereocenters. The number of amides is 3. The van der Waals surface area contributed by atoms with Crippen molar-refractivity contribution < 1.29 is 47.9 Å². The number of β-amino-alcohol motifs (C(OH)–C–C–N with tert-alkyl or cyclic N) is 1. The number of nitrogens with zero attached hydrogens (tertiary/aromatic N) is 2. The van der Waals surface area contributed by atoms with Gasteiger partial charge in [0.15, 0.2) is 0 Å². The van der Waals surface area contributed by atoms with Crippen molar-refractivity contribution >= 4 is 41.5 Å². The van der Waals surface area contributed by atoms with Crippen LogP contribution in [0.2, 0.25) is 0 Å². The van der Waals surface area contributed by atoms with Crippen molar-refractivity contribution in [1.82, 2.24) is 20.5 Å². The molecule has 3 rings (SSSR count). The van der Waals surface area contributed by atoms with Crippen LogP contribution in [-0.2, 0) is 49.3 Å². The molecule has 0 saturated carbocycles. The smallest absolute Gasteiger partial charge is 0.246 e. The monoisotopic (exact) mass is 843 g/mol. The highest BCUT2D eigenvalue weighted by molar-refractivity contribution is 7.13. The van der Waals surface area contributed by atoms with Crippen LogP contribution in [0, 0.1) is 12.3 Å². The number of nitrogens with one attached hydrogen (secondary N) is 2. The van der Waals surface area contributed by atoms with Crippen LogP contribution in [0.4, 0.5) is 0 Å². The number of rotatable bonds is 29. The molecule has 1 aliphatic heterocycles. The molecule has 1 saturated heterocycles. The molecule has 324 valence electrons. The number of aromatic nitrogens is 1. The number of nitrogens with two attached hydrogens (primary N) is 1. The SMILES string of the molecule is Cc1ncsc1-c1ccc(CNC(=O)[C@@H]2C[C@@H](O)CN2C(=O)[C@@H](NC(=O)COCCOCCOCCOCCOCCOCCCCCCN)C(C)(C)C)cc1.Cl. The third-order valence-electron chi connectivity index (χ3n) is 9.05. The van der Waals surface area contributed by atoms with Crippen molar-refractivity contribution in [3.8, 4) is 10.4 Å². The largest absolute Gasteiger partial charge is 0.391 e. The number of unbranched alkanes of at least 4 members (excludes halogenated alkanes) is 3. The molecule has 15 nitrogen and oxygen atoms in total. The lowest BCUT2D eigenvalue weighted by Crippen LogP contribution is -2.58. The Morgan fingerprint density at radius 3 is 1.93 bits per heavy atom. The van der Waals surface area contributed by atoms with Gasteiger partial charge in [0.25, 0.3) is 0 Å². The number of carbonyl (C=O) groups excluding carboxylic acids is 3. The van der Waals surface area contributed by atoms with E-state index in [0.29, 0.717) is 52.9 Å². The van der Waals surface area contributed by atoms with Crippen molar-refractivity contribution in [1.29, 1.82) is 0 Å². The molecule has 1 aliphatic rings. The second-order valence-electron chi connectivity index (χ2n) is 14.8. The van der Waals surface area contributed by atoms with Crippen LogP contribution in [0.15, 0.2) is 29.8 Å². The summed E-state index contributed by atoms with van der Waals surface area (Å²) in [6.45, 7) is 13.2. The number of thiazole rings is 1. The van der Waals surface area contributed by atoms with Crippen molar-refractivity contribution in [3.63, 3.8) is 0 Å². The van der Waals surface area contributed by atoms with E-state index >= 15 is 0 Å². The Bertz CT molecular complexity index is 1410. The lowest BCUT2D eigenvalue weighted by molar-refractivity contribution is -0.144. The van der Waals surface area contributed by atoms with Crippen molar-refractivity contribution in [2.24, 2.45) is 11.1 Å². The molecule has 0 radical (unpaired) electrons. The first-order chi connectivity index (χ1) is 27.0. The molecular formula is C40H66ClN5O10S. The maximum absolute atomic E-state index is 13.8. The number of ether oxygens (including phenoxy) is 6. The number of aliphatic hydroxyl groups is 1. The molecular weight excluding hydrogens is 778 g/mol. The highest BCUT2D eigenvalue weighted by Gasteiger charge is 2.44. The first-order valence-electron chi connectivity index (χ1n) is 19.7. The first kappa shape index (κ1) is 50.4. The Balaban J connectivity index is 0.0000112. The maximum atomic E-state index is 13.8. The number of hydrogen-bond acceptors (Lipinski definition) is 13. The van der Waals surface area contributed by atoms with E-state index in [0.717, 1.165) is 60.5 Å². The number of likely N-dealkylation sites (tertiary alicyclic amines) is 1. The van der Waals surface area contributed by atoms with Gasteiger partial charge in [-0.25, -0.2) is 4.98 Å². The summed E-state index contributed by atoms with van der Waals surface area (Å²) in [5.74, 6) is -1.27. The minimum atomic E-state index is -0.946. The highest BCUT2D eigenvalue weighted by Crippen LogP contribution is 2.28. The van der Waals surface area contributed by atoms with Gasteiger partial charge in [-0.05, 0) is 42.9 Å². The fourth-order valence-corrected chi connectivity index (χ4v) is 6.76. The van der Waals surface area contributed by atoms with E-state index in [-0.39, 0.29) is 57.6 Å². The number of aliphatic hydroxyl groups excluding tert-OH is 1. The lowest BCUT2D eigenvalue weighted by atomic mass is 9.85. The van der Waals surface area contributed by atoms with Gasteiger partial charge in [-0.3, -0.25) is 14.4 Å². The lowest BCUT2D eigenvalue weighted by Gasteiger charge is -2.35. The van der Waals surface area contributed by atoms with E-state index in [4.69, 9.17) is 34.2 Å². The molecule has 1 aromatic carbocycles. The molecule has 3 amide bonds. The van der Waals surface area contributed by atoms with E-state index in [1.807, 2.05) is 57.5 Å². The Morgan fingerprint density at radius 2 is 1.40 bits per heavy atom. The molecule has 2 aromatic rings. The van der Waals surface area contributed by atoms with Crippen molar-refractivity contribution in [3.05, 3.63) is 41.0 Å². The van der Waals surface area contributed by atoms with Crippen LogP contribution < -0.4 is 16.4 Å². The van der Waals surface area contributed by atoms with Gasteiger partial charge >= 0.3 is 0 Å². The molecule has 5 N–H and O–H groups in total. The molecule has 2 heterocycles. The van der Waals surface area contributed by atoms with Gasteiger partial charge in [-0.15, -0.1) is 23.7 Å².